The number of aliphatic hydroxyl groups excluding tert-OH is 2. The molecule has 0 saturated carbocycles. The molecule has 0 spiro atoms. The van der Waals surface area contributed by atoms with Gasteiger partial charge in [-0.15, -0.1) is 0 Å². The summed E-state index contributed by atoms with van der Waals surface area (Å²) in [6.07, 6.45) is -0.503. The maximum atomic E-state index is 11.9. The maximum absolute atomic E-state index is 11.9. The van der Waals surface area contributed by atoms with Crippen LogP contribution in [0.5, 0.6) is 0 Å². The third-order valence-electron chi connectivity index (χ3n) is 3.65. The van der Waals surface area contributed by atoms with Crippen molar-refractivity contribution in [3.63, 3.8) is 0 Å². The van der Waals surface area contributed by atoms with Crippen molar-refractivity contribution in [3.8, 4) is 0 Å². The molecule has 140 valence electrons. The molecule has 2 aromatic rings. The van der Waals surface area contributed by atoms with E-state index >= 15 is 0 Å². The molecule has 6 nitrogen and oxygen atoms in total. The van der Waals surface area contributed by atoms with Gasteiger partial charge < -0.3 is 19.7 Å². The number of ether oxygens (including phenoxy) is 2. The molecule has 0 radical (unpaired) electrons. The molecule has 0 heterocycles. The Morgan fingerprint density at radius 3 is 1.41 bits per heavy atom. The van der Waals surface area contributed by atoms with Crippen molar-refractivity contribution in [2.24, 2.45) is 0 Å². The minimum absolute atomic E-state index is 0.230. The van der Waals surface area contributed by atoms with Gasteiger partial charge in [-0.25, -0.2) is 9.59 Å². The highest BCUT2D eigenvalue weighted by molar-refractivity contribution is 5.90. The van der Waals surface area contributed by atoms with Gasteiger partial charge in [-0.3, -0.25) is 0 Å². The first kappa shape index (κ1) is 20.1. The standard InChI is InChI=1S/C21H20O6/c1-3-14-5-9-16(10-6-14)20(24)26-18(22)13-19(23)27-21(25)17-11-7-15(4-2)8-12-17/h3-12,18-19,22-23H,1-2,13H2/t18-,19-/m0/s1. The van der Waals surface area contributed by atoms with Crippen molar-refractivity contribution < 1.29 is 29.3 Å². The zero-order chi connectivity index (χ0) is 19.8. The van der Waals surface area contributed by atoms with Crippen LogP contribution in [-0.4, -0.2) is 34.7 Å². The van der Waals surface area contributed by atoms with Gasteiger partial charge in [0.25, 0.3) is 0 Å². The van der Waals surface area contributed by atoms with Gasteiger partial charge in [0.05, 0.1) is 17.5 Å². The van der Waals surface area contributed by atoms with E-state index in [0.29, 0.717) is 0 Å². The molecule has 27 heavy (non-hydrogen) atoms. The van der Waals surface area contributed by atoms with Gasteiger partial charge in [-0.05, 0) is 35.4 Å². The molecule has 0 aliphatic rings. The molecule has 0 fully saturated rings. The number of rotatable bonds is 8. The molecule has 0 unspecified atom stereocenters. The van der Waals surface area contributed by atoms with E-state index in [1.807, 2.05) is 0 Å². The molecule has 0 aromatic heterocycles. The van der Waals surface area contributed by atoms with E-state index in [9.17, 15) is 19.8 Å². The first-order valence-corrected chi connectivity index (χ1v) is 8.16. The zero-order valence-corrected chi connectivity index (χ0v) is 14.6. The van der Waals surface area contributed by atoms with Gasteiger partial charge in [0.2, 0.25) is 12.6 Å². The predicted molar refractivity (Wildman–Crippen MR) is 101 cm³/mol. The van der Waals surface area contributed by atoms with Gasteiger partial charge in [-0.1, -0.05) is 49.6 Å². The third kappa shape index (κ3) is 5.91. The van der Waals surface area contributed by atoms with Crippen LogP contribution in [0, 0.1) is 0 Å². The summed E-state index contributed by atoms with van der Waals surface area (Å²) in [5.74, 6) is -1.53. The lowest BCUT2D eigenvalue weighted by molar-refractivity contribution is -0.136. The smallest absolute Gasteiger partial charge is 0.340 e. The summed E-state index contributed by atoms with van der Waals surface area (Å²) in [5, 5.41) is 19.6. The van der Waals surface area contributed by atoms with Crippen LogP contribution in [0.2, 0.25) is 0 Å². The molecule has 2 rings (SSSR count). The topological polar surface area (TPSA) is 93.1 Å². The Balaban J connectivity index is 1.85. The largest absolute Gasteiger partial charge is 0.432 e. The first-order valence-electron chi connectivity index (χ1n) is 8.16. The fraction of sp³-hybridized carbons (Fsp3) is 0.143. The number of hydrogen-bond acceptors (Lipinski definition) is 6. The Bertz CT molecular complexity index is 738. The van der Waals surface area contributed by atoms with E-state index in [4.69, 9.17) is 9.47 Å². The van der Waals surface area contributed by atoms with Crippen LogP contribution in [0.3, 0.4) is 0 Å². The summed E-state index contributed by atoms with van der Waals surface area (Å²) < 4.78 is 9.65. The monoisotopic (exact) mass is 368 g/mol. The summed E-state index contributed by atoms with van der Waals surface area (Å²) in [7, 11) is 0. The summed E-state index contributed by atoms with van der Waals surface area (Å²) in [6, 6.07) is 12.8. The van der Waals surface area contributed by atoms with Crippen molar-refractivity contribution in [2.75, 3.05) is 0 Å². The first-order chi connectivity index (χ1) is 12.9. The number of aliphatic hydroxyl groups is 2. The number of hydrogen-bond donors (Lipinski definition) is 2. The minimum atomic E-state index is -1.64. The van der Waals surface area contributed by atoms with Crippen molar-refractivity contribution in [1.29, 1.82) is 0 Å². The quantitative estimate of drug-likeness (QED) is 0.550. The van der Waals surface area contributed by atoms with Crippen molar-refractivity contribution in [3.05, 3.63) is 83.9 Å². The minimum Gasteiger partial charge on any atom is -0.432 e. The second-order valence-electron chi connectivity index (χ2n) is 5.61. The highest BCUT2D eigenvalue weighted by Crippen LogP contribution is 2.12. The Morgan fingerprint density at radius 2 is 1.11 bits per heavy atom. The second-order valence-corrected chi connectivity index (χ2v) is 5.61. The molecule has 2 N–H and O–H groups in total. The lowest BCUT2D eigenvalue weighted by Gasteiger charge is -2.16. The second kappa shape index (κ2) is 9.47. The Hall–Kier alpha value is -3.22. The van der Waals surface area contributed by atoms with Crippen molar-refractivity contribution >= 4 is 24.1 Å². The summed E-state index contributed by atoms with van der Waals surface area (Å²) >= 11 is 0. The van der Waals surface area contributed by atoms with E-state index in [0.717, 1.165) is 11.1 Å². The highest BCUT2D eigenvalue weighted by atomic mass is 16.7. The molecule has 0 aliphatic heterocycles. The molecule has 0 aliphatic carbocycles. The normalized spacial score (nSPS) is 12.5. The Labute approximate surface area is 157 Å². The average molecular weight is 368 g/mol. The fourth-order valence-corrected chi connectivity index (χ4v) is 2.16. The summed E-state index contributed by atoms with van der Waals surface area (Å²) in [6.45, 7) is 7.22. The van der Waals surface area contributed by atoms with E-state index < -0.39 is 30.9 Å². The lowest BCUT2D eigenvalue weighted by Crippen LogP contribution is -2.27. The van der Waals surface area contributed by atoms with Crippen LogP contribution in [0.15, 0.2) is 61.7 Å². The maximum Gasteiger partial charge on any atom is 0.340 e. The van der Waals surface area contributed by atoms with Crippen LogP contribution in [0.4, 0.5) is 0 Å². The van der Waals surface area contributed by atoms with Gasteiger partial charge in [0.15, 0.2) is 0 Å². The highest BCUT2D eigenvalue weighted by Gasteiger charge is 2.20. The molecule has 0 bridgehead atoms. The van der Waals surface area contributed by atoms with E-state index in [2.05, 4.69) is 13.2 Å². The van der Waals surface area contributed by atoms with Gasteiger partial charge in [0.1, 0.15) is 0 Å². The fourth-order valence-electron chi connectivity index (χ4n) is 2.16. The van der Waals surface area contributed by atoms with Crippen LogP contribution in [0.25, 0.3) is 12.2 Å². The lowest BCUT2D eigenvalue weighted by atomic mass is 10.1. The van der Waals surface area contributed by atoms with Crippen LogP contribution in [-0.2, 0) is 9.47 Å². The predicted octanol–water partition coefficient (Wildman–Crippen LogP) is 3.01. The molecule has 2 atom stereocenters. The summed E-state index contributed by atoms with van der Waals surface area (Å²) in [4.78, 5) is 23.9. The molecular formula is C21H20O6. The number of esters is 2. The van der Waals surface area contributed by atoms with Gasteiger partial charge in [0, 0.05) is 0 Å². The molecule has 6 heteroatoms. The average Bonchev–Trinajstić information content (AvgIpc) is 2.67. The molecular weight excluding hydrogens is 348 g/mol. The number of benzene rings is 2. The SMILES string of the molecule is C=Cc1ccc(C(=O)O[C@H](O)C[C@@H](O)OC(=O)c2ccc(C=C)cc2)cc1. The van der Waals surface area contributed by atoms with Crippen LogP contribution in [0.1, 0.15) is 38.3 Å². The van der Waals surface area contributed by atoms with Crippen LogP contribution >= 0.6 is 0 Å². The number of carbonyl (C=O) groups excluding carboxylic acids is 2. The molecule has 0 amide bonds. The van der Waals surface area contributed by atoms with E-state index in [-0.39, 0.29) is 11.1 Å². The van der Waals surface area contributed by atoms with Crippen LogP contribution < -0.4 is 0 Å². The summed E-state index contributed by atoms with van der Waals surface area (Å²) in [5.41, 5.74) is 2.12. The number of carbonyl (C=O) groups is 2. The van der Waals surface area contributed by atoms with E-state index in [1.165, 1.54) is 24.3 Å². The van der Waals surface area contributed by atoms with Gasteiger partial charge >= 0.3 is 11.9 Å². The van der Waals surface area contributed by atoms with Gasteiger partial charge in [-0.2, -0.15) is 0 Å². The Kier molecular flexibility index (Phi) is 7.05. The zero-order valence-electron chi connectivity index (χ0n) is 14.6. The van der Waals surface area contributed by atoms with E-state index in [1.54, 1.807) is 36.4 Å². The third-order valence-corrected chi connectivity index (χ3v) is 3.65. The molecule has 2 aromatic carbocycles. The molecule has 0 saturated heterocycles. The Morgan fingerprint density at radius 1 is 0.778 bits per heavy atom. The van der Waals surface area contributed by atoms with Crippen molar-refractivity contribution in [2.45, 2.75) is 19.0 Å². The van der Waals surface area contributed by atoms with Crippen molar-refractivity contribution in [1.82, 2.24) is 0 Å².